The second-order valence-corrected chi connectivity index (χ2v) is 5.46. The Balaban J connectivity index is 2.60. The molecule has 16 heavy (non-hydrogen) atoms. The zero-order chi connectivity index (χ0) is 12.2. The Morgan fingerprint density at radius 1 is 0.938 bits per heavy atom. The topological polar surface area (TPSA) is 63.9 Å². The molecule has 0 aliphatic carbocycles. The fourth-order valence-electron chi connectivity index (χ4n) is 2.78. The van der Waals surface area contributed by atoms with Crippen molar-refractivity contribution in [3.05, 3.63) is 0 Å². The molecule has 4 heteroatoms. The maximum absolute atomic E-state index is 10.3. The van der Waals surface area contributed by atoms with Crippen molar-refractivity contribution in [2.75, 3.05) is 13.2 Å². The van der Waals surface area contributed by atoms with Crippen LogP contribution in [0.1, 0.15) is 52.4 Å². The molecule has 3 N–H and O–H groups in total. The quantitative estimate of drug-likeness (QED) is 0.649. The molecule has 0 saturated carbocycles. The van der Waals surface area contributed by atoms with Gasteiger partial charge in [-0.25, -0.2) is 0 Å². The van der Waals surface area contributed by atoms with Crippen LogP contribution < -0.4 is 0 Å². The molecule has 2 atom stereocenters. The zero-order valence-electron chi connectivity index (χ0n) is 10.4. The van der Waals surface area contributed by atoms with Gasteiger partial charge in [0.05, 0.1) is 0 Å². The summed E-state index contributed by atoms with van der Waals surface area (Å²) in [4.78, 5) is 0. The molecule has 96 valence electrons. The molecule has 0 amide bonds. The van der Waals surface area contributed by atoms with E-state index in [1.165, 1.54) is 5.06 Å². The van der Waals surface area contributed by atoms with Gasteiger partial charge >= 0.3 is 0 Å². The summed E-state index contributed by atoms with van der Waals surface area (Å²) in [6.07, 6.45) is 4.98. The van der Waals surface area contributed by atoms with E-state index in [2.05, 4.69) is 0 Å². The van der Waals surface area contributed by atoms with E-state index in [0.29, 0.717) is 0 Å². The minimum absolute atomic E-state index is 0.177. The zero-order valence-corrected chi connectivity index (χ0v) is 10.4. The van der Waals surface area contributed by atoms with Crippen molar-refractivity contribution in [3.8, 4) is 0 Å². The van der Waals surface area contributed by atoms with Crippen LogP contribution in [0.15, 0.2) is 0 Å². The van der Waals surface area contributed by atoms with Crippen LogP contribution >= 0.6 is 0 Å². The van der Waals surface area contributed by atoms with Gasteiger partial charge in [-0.1, -0.05) is 0 Å². The standard InChI is InChI=1S/C12H25NO3/c1-11(5-3-9-14)7-8-12(2,13(11)16)6-4-10-15/h14-16H,3-10H2,1-2H3. The van der Waals surface area contributed by atoms with Gasteiger partial charge in [-0.15, -0.1) is 0 Å². The lowest BCUT2D eigenvalue weighted by Crippen LogP contribution is -2.49. The fraction of sp³-hybridized carbons (Fsp3) is 1.00. The Hall–Kier alpha value is -0.160. The maximum atomic E-state index is 10.3. The Bertz CT molecular complexity index is 202. The molecule has 0 radical (unpaired) electrons. The van der Waals surface area contributed by atoms with Gasteiger partial charge in [0.2, 0.25) is 0 Å². The van der Waals surface area contributed by atoms with Crippen LogP contribution in [-0.2, 0) is 0 Å². The van der Waals surface area contributed by atoms with Crippen molar-refractivity contribution >= 4 is 0 Å². The van der Waals surface area contributed by atoms with Gasteiger partial charge in [-0.3, -0.25) is 0 Å². The van der Waals surface area contributed by atoms with Gasteiger partial charge in [0.25, 0.3) is 0 Å². The third-order valence-electron chi connectivity index (χ3n) is 3.97. The number of rotatable bonds is 6. The summed E-state index contributed by atoms with van der Waals surface area (Å²) in [5.74, 6) is 0. The van der Waals surface area contributed by atoms with Crippen LogP contribution in [0.5, 0.6) is 0 Å². The molecule has 1 aliphatic rings. The van der Waals surface area contributed by atoms with Gasteiger partial charge in [0, 0.05) is 24.3 Å². The summed E-state index contributed by atoms with van der Waals surface area (Å²) in [7, 11) is 0. The highest BCUT2D eigenvalue weighted by Gasteiger charge is 2.48. The lowest BCUT2D eigenvalue weighted by molar-refractivity contribution is -0.207. The largest absolute Gasteiger partial charge is 0.396 e. The summed E-state index contributed by atoms with van der Waals surface area (Å²) in [6.45, 7) is 4.45. The first-order chi connectivity index (χ1) is 7.48. The van der Waals surface area contributed by atoms with Crippen molar-refractivity contribution in [1.82, 2.24) is 5.06 Å². The Morgan fingerprint density at radius 2 is 1.31 bits per heavy atom. The van der Waals surface area contributed by atoms with Gasteiger partial charge in [-0.05, 0) is 52.4 Å². The lowest BCUT2D eigenvalue weighted by Gasteiger charge is -2.39. The molecule has 0 aromatic carbocycles. The van der Waals surface area contributed by atoms with Crippen molar-refractivity contribution in [2.45, 2.75) is 63.5 Å². The van der Waals surface area contributed by atoms with Crippen LogP contribution in [0.4, 0.5) is 0 Å². The summed E-state index contributed by atoms with van der Waals surface area (Å²) in [5.41, 5.74) is -0.431. The first kappa shape index (κ1) is 13.9. The van der Waals surface area contributed by atoms with E-state index in [1.807, 2.05) is 13.8 Å². The number of hydrogen-bond donors (Lipinski definition) is 3. The smallest absolute Gasteiger partial charge is 0.0440 e. The molecule has 0 bridgehead atoms. The highest BCUT2D eigenvalue weighted by Crippen LogP contribution is 2.44. The molecule has 1 heterocycles. The van der Waals surface area contributed by atoms with Crippen LogP contribution in [0.3, 0.4) is 0 Å². The van der Waals surface area contributed by atoms with Crippen LogP contribution in [0.25, 0.3) is 0 Å². The average Bonchev–Trinajstić information content (AvgIpc) is 2.51. The SMILES string of the molecule is CC1(CCCO)CCC(C)(CCCO)N1O. The minimum Gasteiger partial charge on any atom is -0.396 e. The molecule has 1 fully saturated rings. The molecule has 2 unspecified atom stereocenters. The third kappa shape index (κ3) is 2.74. The van der Waals surface area contributed by atoms with E-state index in [1.54, 1.807) is 0 Å². The fourth-order valence-corrected chi connectivity index (χ4v) is 2.78. The Labute approximate surface area is 97.8 Å². The maximum Gasteiger partial charge on any atom is 0.0440 e. The molecular weight excluding hydrogens is 206 g/mol. The highest BCUT2D eigenvalue weighted by atomic mass is 16.5. The van der Waals surface area contributed by atoms with Crippen LogP contribution in [0.2, 0.25) is 0 Å². The summed E-state index contributed by atoms with van der Waals surface area (Å²) >= 11 is 0. The van der Waals surface area contributed by atoms with Gasteiger partial charge < -0.3 is 15.4 Å². The van der Waals surface area contributed by atoms with E-state index < -0.39 is 0 Å². The number of nitrogens with zero attached hydrogens (tertiary/aromatic N) is 1. The van der Waals surface area contributed by atoms with E-state index in [4.69, 9.17) is 10.2 Å². The van der Waals surface area contributed by atoms with E-state index in [-0.39, 0.29) is 24.3 Å². The van der Waals surface area contributed by atoms with E-state index >= 15 is 0 Å². The molecule has 4 nitrogen and oxygen atoms in total. The van der Waals surface area contributed by atoms with Crippen molar-refractivity contribution < 1.29 is 15.4 Å². The molecule has 1 rings (SSSR count). The first-order valence-electron chi connectivity index (χ1n) is 6.19. The van der Waals surface area contributed by atoms with Crippen molar-refractivity contribution in [1.29, 1.82) is 0 Å². The summed E-state index contributed by atoms with van der Waals surface area (Å²) in [6, 6.07) is 0. The van der Waals surface area contributed by atoms with Crippen molar-refractivity contribution in [2.24, 2.45) is 0 Å². The monoisotopic (exact) mass is 231 g/mol. The molecule has 0 aromatic rings. The van der Waals surface area contributed by atoms with Gasteiger partial charge in [-0.2, -0.15) is 5.06 Å². The normalized spacial score (nSPS) is 35.8. The van der Waals surface area contributed by atoms with Crippen molar-refractivity contribution in [3.63, 3.8) is 0 Å². The van der Waals surface area contributed by atoms with Gasteiger partial charge in [0.15, 0.2) is 0 Å². The number of aliphatic hydroxyl groups excluding tert-OH is 2. The predicted octanol–water partition coefficient (Wildman–Crippen LogP) is 1.53. The minimum atomic E-state index is -0.215. The molecule has 0 spiro atoms. The van der Waals surface area contributed by atoms with E-state index in [0.717, 1.165) is 38.5 Å². The molecule has 1 saturated heterocycles. The average molecular weight is 231 g/mol. The second-order valence-electron chi connectivity index (χ2n) is 5.46. The lowest BCUT2D eigenvalue weighted by atomic mass is 9.92. The van der Waals surface area contributed by atoms with Crippen LogP contribution in [0, 0.1) is 0 Å². The Kier molecular flexibility index (Phi) is 4.73. The number of aliphatic hydroxyl groups is 2. The Morgan fingerprint density at radius 3 is 1.62 bits per heavy atom. The second kappa shape index (κ2) is 5.45. The number of hydrogen-bond acceptors (Lipinski definition) is 4. The molecular formula is C12H25NO3. The van der Waals surface area contributed by atoms with E-state index in [9.17, 15) is 5.21 Å². The van der Waals surface area contributed by atoms with Gasteiger partial charge in [0.1, 0.15) is 0 Å². The molecule has 0 aromatic heterocycles. The summed E-state index contributed by atoms with van der Waals surface area (Å²) in [5, 5.41) is 29.5. The van der Waals surface area contributed by atoms with Crippen LogP contribution in [-0.4, -0.2) is 44.8 Å². The summed E-state index contributed by atoms with van der Waals surface area (Å²) < 4.78 is 0. The molecule has 1 aliphatic heterocycles. The highest BCUT2D eigenvalue weighted by molar-refractivity contribution is 5.00. The number of hydroxylamine groups is 2. The first-order valence-corrected chi connectivity index (χ1v) is 6.19. The third-order valence-corrected chi connectivity index (χ3v) is 3.97. The predicted molar refractivity (Wildman–Crippen MR) is 62.3 cm³/mol.